The van der Waals surface area contributed by atoms with E-state index in [0.29, 0.717) is 20.8 Å². The summed E-state index contributed by atoms with van der Waals surface area (Å²) in [5.74, 6) is 0.453. The lowest BCUT2D eigenvalue weighted by Gasteiger charge is -2.40. The van der Waals surface area contributed by atoms with Crippen LogP contribution in [0.1, 0.15) is 22.3 Å². The zero-order chi connectivity index (χ0) is 22.4. The average molecular weight is 492 g/mol. The number of aromatic hydroxyl groups is 1. The predicted molar refractivity (Wildman–Crippen MR) is 126 cm³/mol. The summed E-state index contributed by atoms with van der Waals surface area (Å²) >= 11 is 13.9. The Morgan fingerprint density at radius 3 is 2.41 bits per heavy atom. The first-order chi connectivity index (χ1) is 15.4. The quantitative estimate of drug-likeness (QED) is 0.427. The highest BCUT2D eigenvalue weighted by Crippen LogP contribution is 2.41. The fraction of sp³-hybridized carbons (Fsp3) is 0.273. The summed E-state index contributed by atoms with van der Waals surface area (Å²) < 4.78 is 14.8. The second-order valence-electron chi connectivity index (χ2n) is 7.72. The SMILES string of the molecule is Cc1nc2sc([C@@H](c3ccc(Cl)c(Cl)c3)N3CCN(c4ccc(F)cc4)CC3)c(O)n2n1. The van der Waals surface area contributed by atoms with Gasteiger partial charge in [0.15, 0.2) is 0 Å². The maximum Gasteiger partial charge on any atom is 0.230 e. The van der Waals surface area contributed by atoms with Crippen molar-refractivity contribution in [2.45, 2.75) is 13.0 Å². The van der Waals surface area contributed by atoms with Crippen molar-refractivity contribution in [3.05, 3.63) is 74.6 Å². The van der Waals surface area contributed by atoms with E-state index in [4.69, 9.17) is 23.2 Å². The van der Waals surface area contributed by atoms with Crippen molar-refractivity contribution < 1.29 is 9.50 Å². The number of aromatic nitrogens is 3. The van der Waals surface area contributed by atoms with Gasteiger partial charge in [-0.3, -0.25) is 4.90 Å². The number of rotatable bonds is 4. The number of piperazine rings is 1. The highest BCUT2D eigenvalue weighted by Gasteiger charge is 2.32. The van der Waals surface area contributed by atoms with Crippen molar-refractivity contribution >= 4 is 45.2 Å². The first-order valence-electron chi connectivity index (χ1n) is 10.2. The zero-order valence-electron chi connectivity index (χ0n) is 17.2. The molecule has 1 aliphatic rings. The third-order valence-corrected chi connectivity index (χ3v) is 7.50. The van der Waals surface area contributed by atoms with Gasteiger partial charge in [-0.15, -0.1) is 5.10 Å². The second-order valence-corrected chi connectivity index (χ2v) is 9.54. The maximum absolute atomic E-state index is 13.3. The molecule has 1 aliphatic heterocycles. The van der Waals surface area contributed by atoms with Gasteiger partial charge in [0.25, 0.3) is 0 Å². The van der Waals surface area contributed by atoms with Crippen molar-refractivity contribution in [1.82, 2.24) is 19.5 Å². The van der Waals surface area contributed by atoms with E-state index in [2.05, 4.69) is 19.9 Å². The van der Waals surface area contributed by atoms with E-state index in [9.17, 15) is 9.50 Å². The molecule has 6 nitrogen and oxygen atoms in total. The normalized spacial score (nSPS) is 16.1. The minimum absolute atomic E-state index is 0.0858. The number of hydrogen-bond donors (Lipinski definition) is 1. The molecule has 1 saturated heterocycles. The van der Waals surface area contributed by atoms with Crippen LogP contribution in [0.15, 0.2) is 42.5 Å². The van der Waals surface area contributed by atoms with E-state index >= 15 is 0 Å². The minimum atomic E-state index is -0.242. The van der Waals surface area contributed by atoms with E-state index in [-0.39, 0.29) is 17.7 Å². The van der Waals surface area contributed by atoms with Crippen LogP contribution in [0.3, 0.4) is 0 Å². The first kappa shape index (κ1) is 21.5. The van der Waals surface area contributed by atoms with Crippen LogP contribution in [0, 0.1) is 12.7 Å². The highest BCUT2D eigenvalue weighted by molar-refractivity contribution is 7.17. The van der Waals surface area contributed by atoms with Crippen LogP contribution in [0.4, 0.5) is 10.1 Å². The van der Waals surface area contributed by atoms with Crippen molar-refractivity contribution in [1.29, 1.82) is 0 Å². The monoisotopic (exact) mass is 491 g/mol. The van der Waals surface area contributed by atoms with E-state index in [1.807, 2.05) is 12.1 Å². The molecule has 32 heavy (non-hydrogen) atoms. The van der Waals surface area contributed by atoms with Crippen LogP contribution in [0.5, 0.6) is 5.88 Å². The lowest BCUT2D eigenvalue weighted by Crippen LogP contribution is -2.47. The van der Waals surface area contributed by atoms with Gasteiger partial charge in [0.1, 0.15) is 11.6 Å². The van der Waals surface area contributed by atoms with Gasteiger partial charge >= 0.3 is 0 Å². The summed E-state index contributed by atoms with van der Waals surface area (Å²) in [6.07, 6.45) is 0. The molecule has 5 rings (SSSR count). The van der Waals surface area contributed by atoms with Gasteiger partial charge in [0.05, 0.1) is 21.0 Å². The summed E-state index contributed by atoms with van der Waals surface area (Å²) in [5, 5.41) is 16.2. The van der Waals surface area contributed by atoms with Crippen molar-refractivity contribution in [3.63, 3.8) is 0 Å². The molecule has 0 amide bonds. The van der Waals surface area contributed by atoms with E-state index in [1.54, 1.807) is 25.1 Å². The third kappa shape index (κ3) is 3.92. The Morgan fingerprint density at radius 2 is 1.75 bits per heavy atom. The molecular weight excluding hydrogens is 472 g/mol. The topological polar surface area (TPSA) is 56.9 Å². The zero-order valence-corrected chi connectivity index (χ0v) is 19.5. The molecule has 0 unspecified atom stereocenters. The fourth-order valence-electron chi connectivity index (χ4n) is 4.13. The Kier molecular flexibility index (Phi) is 5.71. The van der Waals surface area contributed by atoms with Crippen LogP contribution < -0.4 is 4.90 Å². The average Bonchev–Trinajstić information content (AvgIpc) is 3.29. The van der Waals surface area contributed by atoms with Gasteiger partial charge in [-0.05, 0) is 48.9 Å². The van der Waals surface area contributed by atoms with Gasteiger partial charge in [0, 0.05) is 31.9 Å². The molecule has 2 aromatic carbocycles. The highest BCUT2D eigenvalue weighted by atomic mass is 35.5. The Morgan fingerprint density at radius 1 is 1.03 bits per heavy atom. The molecular formula is C22H20Cl2FN5OS. The molecule has 0 spiro atoms. The molecule has 0 bridgehead atoms. The standard InChI is InChI=1S/C22H20Cl2FN5OS/c1-13-26-22-30(27-13)21(31)20(32-22)19(14-2-7-17(23)18(24)12-14)29-10-8-28(9-11-29)16-5-3-15(25)4-6-16/h2-7,12,19,31H,8-11H2,1H3/t19-/m1/s1. The summed E-state index contributed by atoms with van der Waals surface area (Å²) in [6, 6.07) is 11.9. The molecule has 0 saturated carbocycles. The third-order valence-electron chi connectivity index (χ3n) is 5.68. The lowest BCUT2D eigenvalue weighted by molar-refractivity contribution is 0.211. The molecule has 0 radical (unpaired) electrons. The van der Waals surface area contributed by atoms with E-state index in [1.165, 1.54) is 28.0 Å². The van der Waals surface area contributed by atoms with E-state index < -0.39 is 0 Å². The Hall–Kier alpha value is -2.39. The number of nitrogens with zero attached hydrogens (tertiary/aromatic N) is 5. The Labute approximate surface area is 198 Å². The predicted octanol–water partition coefficient (Wildman–Crippen LogP) is 5.16. The van der Waals surface area contributed by atoms with Gasteiger partial charge in [-0.1, -0.05) is 40.6 Å². The molecule has 0 aliphatic carbocycles. The molecule has 10 heteroatoms. The van der Waals surface area contributed by atoms with Gasteiger partial charge in [0.2, 0.25) is 10.8 Å². The van der Waals surface area contributed by atoms with Gasteiger partial charge in [-0.25, -0.2) is 9.37 Å². The number of hydrogen-bond acceptors (Lipinski definition) is 6. The first-order valence-corrected chi connectivity index (χ1v) is 11.7. The molecule has 2 aromatic heterocycles. The van der Waals surface area contributed by atoms with Crippen LogP contribution in [0.2, 0.25) is 10.0 Å². The van der Waals surface area contributed by atoms with Crippen molar-refractivity contribution in [2.24, 2.45) is 0 Å². The van der Waals surface area contributed by atoms with Gasteiger partial charge in [-0.2, -0.15) is 4.52 Å². The number of anilines is 1. The van der Waals surface area contributed by atoms with Crippen LogP contribution in [-0.4, -0.2) is 50.8 Å². The summed E-state index contributed by atoms with van der Waals surface area (Å²) in [5.41, 5.74) is 1.93. The molecule has 1 fully saturated rings. The lowest BCUT2D eigenvalue weighted by atomic mass is 10.0. The van der Waals surface area contributed by atoms with Gasteiger partial charge < -0.3 is 10.0 Å². The number of aryl methyl sites for hydroxylation is 1. The Balaban J connectivity index is 1.48. The minimum Gasteiger partial charge on any atom is -0.492 e. The number of thiazole rings is 1. The van der Waals surface area contributed by atoms with Crippen LogP contribution in [0.25, 0.3) is 4.96 Å². The smallest absolute Gasteiger partial charge is 0.230 e. The van der Waals surface area contributed by atoms with Crippen molar-refractivity contribution in [2.75, 3.05) is 31.1 Å². The maximum atomic E-state index is 13.3. The number of fused-ring (bicyclic) bond motifs is 1. The van der Waals surface area contributed by atoms with E-state index in [0.717, 1.165) is 42.3 Å². The Bertz CT molecular complexity index is 1270. The van der Waals surface area contributed by atoms with Crippen LogP contribution >= 0.6 is 34.5 Å². The molecule has 1 atom stereocenters. The summed E-state index contributed by atoms with van der Waals surface area (Å²) in [4.78, 5) is 10.3. The number of halogens is 3. The summed E-state index contributed by atoms with van der Waals surface area (Å²) in [7, 11) is 0. The second kappa shape index (κ2) is 8.51. The van der Waals surface area contributed by atoms with Crippen molar-refractivity contribution in [3.8, 4) is 5.88 Å². The largest absolute Gasteiger partial charge is 0.492 e. The summed E-state index contributed by atoms with van der Waals surface area (Å²) in [6.45, 7) is 4.82. The molecule has 1 N–H and O–H groups in total. The molecule has 3 heterocycles. The fourth-order valence-corrected chi connectivity index (χ4v) is 5.60. The van der Waals surface area contributed by atoms with Crippen LogP contribution in [-0.2, 0) is 0 Å². The molecule has 4 aromatic rings. The molecule has 166 valence electrons. The number of benzene rings is 2.